The number of ketones is 1. The fraction of sp³-hybridized carbons (Fsp3) is 0.292. The average molecular weight is 407 g/mol. The predicted molar refractivity (Wildman–Crippen MR) is 112 cm³/mol. The van der Waals surface area contributed by atoms with E-state index in [0.29, 0.717) is 23.5 Å². The van der Waals surface area contributed by atoms with E-state index in [4.69, 9.17) is 14.0 Å². The van der Waals surface area contributed by atoms with E-state index in [1.54, 1.807) is 31.2 Å². The van der Waals surface area contributed by atoms with Crippen molar-refractivity contribution in [2.24, 2.45) is 0 Å². The third kappa shape index (κ3) is 4.76. The van der Waals surface area contributed by atoms with Crippen molar-refractivity contribution in [1.29, 1.82) is 0 Å². The predicted octanol–water partition coefficient (Wildman–Crippen LogP) is 4.92. The number of hydrogen-bond acceptors (Lipinski definition) is 6. The molecule has 0 spiro atoms. The lowest BCUT2D eigenvalue weighted by atomic mass is 9.99. The molecule has 156 valence electrons. The van der Waals surface area contributed by atoms with Crippen LogP contribution in [-0.2, 0) is 11.3 Å². The summed E-state index contributed by atoms with van der Waals surface area (Å²) in [7, 11) is 0. The molecule has 0 aliphatic carbocycles. The Morgan fingerprint density at radius 1 is 1.03 bits per heavy atom. The van der Waals surface area contributed by atoms with Crippen LogP contribution >= 0.6 is 0 Å². The van der Waals surface area contributed by atoms with Crippen LogP contribution < -0.4 is 4.74 Å². The number of ether oxygens (including phenoxy) is 2. The molecule has 0 bridgehead atoms. The molecule has 0 aliphatic heterocycles. The molecule has 3 aromatic rings. The number of Topliss-reactive ketones (excluding diaryl/α,β-unsaturated/α-hetero) is 1. The quantitative estimate of drug-likeness (QED) is 0.409. The van der Waals surface area contributed by atoms with Gasteiger partial charge in [-0.25, -0.2) is 4.79 Å². The van der Waals surface area contributed by atoms with Gasteiger partial charge in [0.25, 0.3) is 0 Å². The van der Waals surface area contributed by atoms with Gasteiger partial charge >= 0.3 is 5.97 Å². The maximum atomic E-state index is 12.7. The van der Waals surface area contributed by atoms with Crippen LogP contribution in [0.3, 0.4) is 0 Å². The maximum absolute atomic E-state index is 12.7. The van der Waals surface area contributed by atoms with Gasteiger partial charge in [0.1, 0.15) is 18.1 Å². The fourth-order valence-corrected chi connectivity index (χ4v) is 3.05. The van der Waals surface area contributed by atoms with Crippen molar-refractivity contribution in [3.8, 4) is 5.75 Å². The largest absolute Gasteiger partial charge is 0.489 e. The third-order valence-electron chi connectivity index (χ3n) is 4.97. The summed E-state index contributed by atoms with van der Waals surface area (Å²) in [5.74, 6) is 0.545. The first-order valence-corrected chi connectivity index (χ1v) is 9.73. The summed E-state index contributed by atoms with van der Waals surface area (Å²) in [4.78, 5) is 25.1. The molecular formula is C24H25NO5. The highest BCUT2D eigenvalue weighted by molar-refractivity contribution is 6.02. The molecule has 30 heavy (non-hydrogen) atoms. The molecular weight excluding hydrogens is 382 g/mol. The maximum Gasteiger partial charge on any atom is 0.338 e. The highest BCUT2D eigenvalue weighted by Gasteiger charge is 2.22. The van der Waals surface area contributed by atoms with Crippen LogP contribution in [-0.4, -0.2) is 23.0 Å². The first-order valence-electron chi connectivity index (χ1n) is 9.73. The van der Waals surface area contributed by atoms with Crippen LogP contribution in [0.5, 0.6) is 5.75 Å². The van der Waals surface area contributed by atoms with E-state index in [0.717, 1.165) is 28.1 Å². The van der Waals surface area contributed by atoms with Crippen molar-refractivity contribution in [1.82, 2.24) is 5.16 Å². The summed E-state index contributed by atoms with van der Waals surface area (Å²) in [5, 5.41) is 3.90. The van der Waals surface area contributed by atoms with Gasteiger partial charge in [-0.3, -0.25) is 4.79 Å². The van der Waals surface area contributed by atoms with Gasteiger partial charge < -0.3 is 14.0 Å². The molecule has 6 heteroatoms. The first kappa shape index (κ1) is 21.3. The van der Waals surface area contributed by atoms with Gasteiger partial charge in [-0.15, -0.1) is 0 Å². The van der Waals surface area contributed by atoms with Crippen molar-refractivity contribution in [2.75, 3.05) is 0 Å². The van der Waals surface area contributed by atoms with Gasteiger partial charge in [0, 0.05) is 5.56 Å². The minimum Gasteiger partial charge on any atom is -0.489 e. The van der Waals surface area contributed by atoms with E-state index in [9.17, 15) is 9.59 Å². The number of benzene rings is 2. The zero-order valence-corrected chi connectivity index (χ0v) is 17.8. The smallest absolute Gasteiger partial charge is 0.338 e. The summed E-state index contributed by atoms with van der Waals surface area (Å²) >= 11 is 0. The van der Waals surface area contributed by atoms with Crippen LogP contribution in [0, 0.1) is 27.7 Å². The Morgan fingerprint density at radius 2 is 1.73 bits per heavy atom. The molecule has 1 aromatic heterocycles. The second-order valence-electron chi connectivity index (χ2n) is 7.35. The van der Waals surface area contributed by atoms with Gasteiger partial charge in [-0.2, -0.15) is 0 Å². The number of carbonyl (C=O) groups excluding carboxylic acids is 2. The average Bonchev–Trinajstić information content (AvgIpc) is 3.05. The van der Waals surface area contributed by atoms with Crippen molar-refractivity contribution >= 4 is 11.8 Å². The molecule has 0 saturated heterocycles. The topological polar surface area (TPSA) is 78.6 Å². The highest BCUT2D eigenvalue weighted by atomic mass is 16.5. The monoisotopic (exact) mass is 407 g/mol. The molecule has 0 unspecified atom stereocenters. The van der Waals surface area contributed by atoms with Crippen LogP contribution in [0.2, 0.25) is 0 Å². The lowest BCUT2D eigenvalue weighted by molar-refractivity contribution is 0.0318. The third-order valence-corrected chi connectivity index (χ3v) is 4.97. The second-order valence-corrected chi connectivity index (χ2v) is 7.35. The molecule has 3 rings (SSSR count). The number of rotatable bonds is 7. The summed E-state index contributed by atoms with van der Waals surface area (Å²) < 4.78 is 16.2. The van der Waals surface area contributed by atoms with E-state index in [-0.39, 0.29) is 5.78 Å². The number of esters is 1. The molecule has 6 nitrogen and oxygen atoms in total. The van der Waals surface area contributed by atoms with Gasteiger partial charge in [0.15, 0.2) is 6.10 Å². The van der Waals surface area contributed by atoms with Crippen molar-refractivity contribution in [3.05, 3.63) is 81.7 Å². The molecule has 0 amide bonds. The summed E-state index contributed by atoms with van der Waals surface area (Å²) in [6.45, 7) is 9.38. The molecule has 0 radical (unpaired) electrons. The number of nitrogens with zero attached hydrogens (tertiary/aromatic N) is 1. The van der Waals surface area contributed by atoms with Gasteiger partial charge in [0.05, 0.1) is 16.8 Å². The summed E-state index contributed by atoms with van der Waals surface area (Å²) in [6, 6.07) is 12.2. The number of hydrogen-bond donors (Lipinski definition) is 0. The van der Waals surface area contributed by atoms with Crippen LogP contribution in [0.1, 0.15) is 55.8 Å². The Labute approximate surface area is 175 Å². The molecule has 2 aromatic carbocycles. The molecule has 1 atom stereocenters. The van der Waals surface area contributed by atoms with E-state index in [1.807, 2.05) is 45.9 Å². The number of carbonyl (C=O) groups is 2. The standard InChI is InChI=1S/C24H25NO5/c1-14-6-7-15(2)21(12-14)23(26)18(5)29-24(27)19-8-10-20(11-9-19)28-13-22-16(3)25-30-17(22)4/h6-12,18H,13H2,1-5H3/t18-/m1/s1. The number of aryl methyl sites for hydroxylation is 4. The lowest BCUT2D eigenvalue weighted by Gasteiger charge is -2.14. The Morgan fingerprint density at radius 3 is 2.37 bits per heavy atom. The summed E-state index contributed by atoms with van der Waals surface area (Å²) in [5.41, 5.74) is 4.44. The van der Waals surface area contributed by atoms with Crippen molar-refractivity contribution in [2.45, 2.75) is 47.3 Å². The zero-order valence-electron chi connectivity index (χ0n) is 17.8. The Kier molecular flexibility index (Phi) is 6.35. The first-order chi connectivity index (χ1) is 14.3. The van der Waals surface area contributed by atoms with Crippen LogP contribution in [0.15, 0.2) is 47.0 Å². The SMILES string of the molecule is Cc1ccc(C)c(C(=O)[C@@H](C)OC(=O)c2ccc(OCc3c(C)noc3C)cc2)c1. The molecule has 0 N–H and O–H groups in total. The lowest BCUT2D eigenvalue weighted by Crippen LogP contribution is -2.25. The molecule has 0 saturated carbocycles. The Balaban J connectivity index is 1.61. The Hall–Kier alpha value is -3.41. The van der Waals surface area contributed by atoms with E-state index < -0.39 is 12.1 Å². The highest BCUT2D eigenvalue weighted by Crippen LogP contribution is 2.19. The van der Waals surface area contributed by atoms with E-state index >= 15 is 0 Å². The molecule has 1 heterocycles. The van der Waals surface area contributed by atoms with Gasteiger partial charge in [0.2, 0.25) is 5.78 Å². The summed E-state index contributed by atoms with van der Waals surface area (Å²) in [6.07, 6.45) is -0.881. The minimum absolute atomic E-state index is 0.219. The second kappa shape index (κ2) is 8.95. The van der Waals surface area contributed by atoms with Gasteiger partial charge in [-0.1, -0.05) is 22.9 Å². The molecule has 0 aliphatic rings. The van der Waals surface area contributed by atoms with Crippen molar-refractivity contribution in [3.63, 3.8) is 0 Å². The zero-order chi connectivity index (χ0) is 21.8. The number of aromatic nitrogens is 1. The van der Waals surface area contributed by atoms with Crippen LogP contribution in [0.4, 0.5) is 0 Å². The normalized spacial score (nSPS) is 11.8. The van der Waals surface area contributed by atoms with E-state index in [2.05, 4.69) is 5.16 Å². The van der Waals surface area contributed by atoms with Crippen LogP contribution in [0.25, 0.3) is 0 Å². The molecule has 0 fully saturated rings. The van der Waals surface area contributed by atoms with Gasteiger partial charge in [-0.05, 0) is 70.5 Å². The van der Waals surface area contributed by atoms with E-state index in [1.165, 1.54) is 0 Å². The Bertz CT molecular complexity index is 1050. The van der Waals surface area contributed by atoms with Crippen molar-refractivity contribution < 1.29 is 23.6 Å². The fourth-order valence-electron chi connectivity index (χ4n) is 3.05. The minimum atomic E-state index is -0.881.